The lowest BCUT2D eigenvalue weighted by atomic mass is 10.0. The third-order valence-electron chi connectivity index (χ3n) is 4.55. The van der Waals surface area contributed by atoms with Crippen LogP contribution in [-0.4, -0.2) is 77.1 Å². The molecule has 7 heteroatoms. The summed E-state index contributed by atoms with van der Waals surface area (Å²) < 4.78 is 11.6. The minimum atomic E-state index is -1.11. The molecule has 2 aromatic rings. The van der Waals surface area contributed by atoms with Crippen LogP contribution in [0.25, 0.3) is 10.9 Å². The number of nitrogens with one attached hydrogen (secondary N) is 1. The second-order valence-corrected chi connectivity index (χ2v) is 6.74. The third kappa shape index (κ3) is 3.96. The summed E-state index contributed by atoms with van der Waals surface area (Å²) in [5.41, 5.74) is 2.12. The van der Waals surface area contributed by atoms with Gasteiger partial charge in [0.1, 0.15) is 18.0 Å². The van der Waals surface area contributed by atoms with E-state index in [-0.39, 0.29) is 13.0 Å². The Hall–Kier alpha value is -1.64. The highest BCUT2D eigenvalue weighted by atomic mass is 16.7. The highest BCUT2D eigenvalue weighted by Gasteiger charge is 2.37. The van der Waals surface area contributed by atoms with Crippen molar-refractivity contribution in [1.29, 1.82) is 0 Å². The van der Waals surface area contributed by atoms with Gasteiger partial charge in [-0.2, -0.15) is 0 Å². The number of ether oxygens (including phenoxy) is 2. The number of fused-ring (bicyclic) bond motifs is 1. The summed E-state index contributed by atoms with van der Waals surface area (Å²) >= 11 is 0. The van der Waals surface area contributed by atoms with Gasteiger partial charge >= 0.3 is 0 Å². The molecular weight excluding hydrogens is 324 g/mol. The van der Waals surface area contributed by atoms with Crippen molar-refractivity contribution in [1.82, 2.24) is 9.88 Å². The van der Waals surface area contributed by atoms with E-state index in [4.69, 9.17) is 9.47 Å². The average molecular weight is 350 g/mol. The lowest BCUT2D eigenvalue weighted by molar-refractivity contribution is -0.229. The van der Waals surface area contributed by atoms with Gasteiger partial charge in [-0.25, -0.2) is 0 Å². The molecule has 4 atom stereocenters. The molecule has 1 saturated heterocycles. The van der Waals surface area contributed by atoms with Gasteiger partial charge in [0, 0.05) is 30.1 Å². The summed E-state index contributed by atoms with van der Waals surface area (Å²) in [7, 11) is 4.06. The molecule has 1 fully saturated rings. The van der Waals surface area contributed by atoms with Crippen molar-refractivity contribution >= 4 is 10.9 Å². The molecule has 0 unspecified atom stereocenters. The summed E-state index contributed by atoms with van der Waals surface area (Å²) in [6.45, 7) is 0.541. The van der Waals surface area contributed by atoms with Gasteiger partial charge in [0.15, 0.2) is 0 Å². The number of aliphatic hydroxyl groups is 3. The van der Waals surface area contributed by atoms with E-state index in [1.807, 2.05) is 38.5 Å². The van der Waals surface area contributed by atoms with Crippen molar-refractivity contribution < 1.29 is 24.8 Å². The van der Waals surface area contributed by atoms with Crippen molar-refractivity contribution in [3.05, 3.63) is 30.0 Å². The Labute approximate surface area is 146 Å². The van der Waals surface area contributed by atoms with Crippen LogP contribution in [0.3, 0.4) is 0 Å². The average Bonchev–Trinajstić information content (AvgIpc) is 3.00. The van der Waals surface area contributed by atoms with Gasteiger partial charge in [-0.3, -0.25) is 0 Å². The summed E-state index contributed by atoms with van der Waals surface area (Å²) in [5.74, 6) is 0.665. The van der Waals surface area contributed by atoms with Gasteiger partial charge < -0.3 is 34.7 Å². The number of hydrogen-bond donors (Lipinski definition) is 4. The number of likely N-dealkylation sites (N-methyl/N-ethyl adjacent to an activating group) is 1. The molecule has 0 radical (unpaired) electrons. The lowest BCUT2D eigenvalue weighted by Crippen LogP contribution is -2.51. The van der Waals surface area contributed by atoms with Gasteiger partial charge in [-0.1, -0.05) is 6.07 Å². The SMILES string of the molecule is CN(C)CCc1c[nH]c2cccc(O[C@H]3C[C@@H](O)[C@H](O)[C@@H](CO)O3)c12. The Morgan fingerprint density at radius 3 is 2.84 bits per heavy atom. The van der Waals surface area contributed by atoms with Gasteiger partial charge in [-0.05, 0) is 38.2 Å². The first-order valence-electron chi connectivity index (χ1n) is 8.52. The maximum absolute atomic E-state index is 9.97. The normalized spacial score (nSPS) is 27.1. The largest absolute Gasteiger partial charge is 0.464 e. The van der Waals surface area contributed by atoms with Gasteiger partial charge in [0.25, 0.3) is 0 Å². The van der Waals surface area contributed by atoms with E-state index in [1.54, 1.807) is 0 Å². The zero-order valence-corrected chi connectivity index (χ0v) is 14.6. The Kier molecular flexibility index (Phi) is 5.61. The highest BCUT2D eigenvalue weighted by Crippen LogP contribution is 2.32. The van der Waals surface area contributed by atoms with Crippen molar-refractivity contribution in [3.63, 3.8) is 0 Å². The molecule has 4 N–H and O–H groups in total. The first-order valence-corrected chi connectivity index (χ1v) is 8.52. The molecular formula is C18H26N2O5. The van der Waals surface area contributed by atoms with Crippen molar-refractivity contribution in [2.75, 3.05) is 27.2 Å². The summed E-state index contributed by atoms with van der Waals surface area (Å²) in [5, 5.41) is 30.1. The van der Waals surface area contributed by atoms with Gasteiger partial charge in [0.05, 0.1) is 12.7 Å². The minimum absolute atomic E-state index is 0.144. The molecule has 0 spiro atoms. The molecule has 0 saturated carbocycles. The standard InChI is InChI=1S/C18H26N2O5/c1-20(2)7-6-11-9-19-12-4-3-5-14(17(11)12)24-16-8-13(22)18(23)15(10-21)25-16/h3-5,9,13,15-16,18-19,21-23H,6-8,10H2,1-2H3/t13-,15-,16-,18+/m1/s1. The minimum Gasteiger partial charge on any atom is -0.464 e. The first-order chi connectivity index (χ1) is 12.0. The van der Waals surface area contributed by atoms with Crippen LogP contribution in [-0.2, 0) is 11.2 Å². The molecule has 0 bridgehead atoms. The number of aromatic amines is 1. The summed E-state index contributed by atoms with van der Waals surface area (Å²) in [6.07, 6.45) is -0.675. The van der Waals surface area contributed by atoms with Crippen molar-refractivity contribution in [3.8, 4) is 5.75 Å². The van der Waals surface area contributed by atoms with Gasteiger partial charge in [0.2, 0.25) is 6.29 Å². The van der Waals surface area contributed by atoms with Crippen LogP contribution >= 0.6 is 0 Å². The van der Waals surface area contributed by atoms with E-state index in [9.17, 15) is 15.3 Å². The maximum Gasteiger partial charge on any atom is 0.202 e. The van der Waals surface area contributed by atoms with Crippen LogP contribution in [0.2, 0.25) is 0 Å². The molecule has 25 heavy (non-hydrogen) atoms. The molecule has 1 aromatic heterocycles. The Morgan fingerprint density at radius 2 is 2.12 bits per heavy atom. The number of rotatable bonds is 6. The van der Waals surface area contributed by atoms with E-state index in [2.05, 4.69) is 9.88 Å². The van der Waals surface area contributed by atoms with Crippen LogP contribution in [0.5, 0.6) is 5.75 Å². The number of benzene rings is 1. The van der Waals surface area contributed by atoms with Crippen LogP contribution in [0, 0.1) is 0 Å². The fourth-order valence-electron chi connectivity index (χ4n) is 3.14. The Balaban J connectivity index is 1.82. The molecule has 1 aliphatic rings. The number of aromatic nitrogens is 1. The second kappa shape index (κ2) is 7.72. The molecule has 3 rings (SSSR count). The molecule has 7 nitrogen and oxygen atoms in total. The zero-order chi connectivity index (χ0) is 18.0. The molecule has 2 heterocycles. The van der Waals surface area contributed by atoms with Gasteiger partial charge in [-0.15, -0.1) is 0 Å². The van der Waals surface area contributed by atoms with Crippen molar-refractivity contribution in [2.24, 2.45) is 0 Å². The predicted octanol–water partition coefficient (Wildman–Crippen LogP) is 0.480. The van der Waals surface area contributed by atoms with E-state index < -0.39 is 24.6 Å². The monoisotopic (exact) mass is 350 g/mol. The molecule has 1 aromatic carbocycles. The fourth-order valence-corrected chi connectivity index (χ4v) is 3.14. The van der Waals surface area contributed by atoms with Crippen LogP contribution in [0.4, 0.5) is 0 Å². The van der Waals surface area contributed by atoms with E-state index in [1.165, 1.54) is 0 Å². The number of nitrogens with zero attached hydrogens (tertiary/aromatic N) is 1. The number of H-pyrrole nitrogens is 1. The van der Waals surface area contributed by atoms with E-state index in [0.29, 0.717) is 5.75 Å². The molecule has 138 valence electrons. The molecule has 0 amide bonds. The summed E-state index contributed by atoms with van der Waals surface area (Å²) in [6, 6.07) is 5.74. The van der Waals surface area contributed by atoms with E-state index in [0.717, 1.165) is 29.4 Å². The molecule has 0 aliphatic carbocycles. The first kappa shape index (κ1) is 18.2. The quantitative estimate of drug-likeness (QED) is 0.605. The topological polar surface area (TPSA) is 98.2 Å². The third-order valence-corrected chi connectivity index (χ3v) is 4.55. The van der Waals surface area contributed by atoms with Crippen LogP contribution < -0.4 is 4.74 Å². The highest BCUT2D eigenvalue weighted by molar-refractivity contribution is 5.89. The Bertz CT molecular complexity index is 702. The number of aliphatic hydroxyl groups excluding tert-OH is 3. The fraction of sp³-hybridized carbons (Fsp3) is 0.556. The smallest absolute Gasteiger partial charge is 0.202 e. The lowest BCUT2D eigenvalue weighted by Gasteiger charge is -2.36. The zero-order valence-electron chi connectivity index (χ0n) is 14.6. The van der Waals surface area contributed by atoms with Crippen molar-refractivity contribution in [2.45, 2.75) is 37.4 Å². The Morgan fingerprint density at radius 1 is 1.32 bits per heavy atom. The predicted molar refractivity (Wildman–Crippen MR) is 93.6 cm³/mol. The maximum atomic E-state index is 9.97. The van der Waals surface area contributed by atoms with E-state index >= 15 is 0 Å². The second-order valence-electron chi connectivity index (χ2n) is 6.74. The molecule has 1 aliphatic heterocycles. The van der Waals surface area contributed by atoms with Crippen LogP contribution in [0.1, 0.15) is 12.0 Å². The summed E-state index contributed by atoms with van der Waals surface area (Å²) in [4.78, 5) is 5.38. The number of hydrogen-bond acceptors (Lipinski definition) is 6. The van der Waals surface area contributed by atoms with Crippen LogP contribution in [0.15, 0.2) is 24.4 Å².